The van der Waals surface area contributed by atoms with Gasteiger partial charge < -0.3 is 9.47 Å². The van der Waals surface area contributed by atoms with Gasteiger partial charge in [0.2, 0.25) is 5.82 Å². The molecule has 1 aromatic rings. The molecule has 0 radical (unpaired) electrons. The predicted octanol–water partition coefficient (Wildman–Crippen LogP) is 3.13. The SMILES string of the molecule is CN(C(=O)OC(C)(C)C)c1ccnc(OC2CC2)c1F. The summed E-state index contributed by atoms with van der Waals surface area (Å²) in [4.78, 5) is 16.9. The number of hydrogen-bond acceptors (Lipinski definition) is 4. The summed E-state index contributed by atoms with van der Waals surface area (Å²) in [7, 11) is 1.45. The van der Waals surface area contributed by atoms with Crippen molar-refractivity contribution in [2.45, 2.75) is 45.3 Å². The lowest BCUT2D eigenvalue weighted by molar-refractivity contribution is 0.0588. The Bertz CT molecular complexity index is 510. The molecule has 20 heavy (non-hydrogen) atoms. The van der Waals surface area contributed by atoms with E-state index in [1.807, 2.05) is 0 Å². The molecule has 0 bridgehead atoms. The molecule has 1 aromatic heterocycles. The summed E-state index contributed by atoms with van der Waals surface area (Å²) in [6, 6.07) is 1.42. The maximum atomic E-state index is 14.3. The van der Waals surface area contributed by atoms with Crippen molar-refractivity contribution in [1.82, 2.24) is 4.98 Å². The summed E-state index contributed by atoms with van der Waals surface area (Å²) in [6.45, 7) is 5.26. The Hall–Kier alpha value is -1.85. The zero-order valence-corrected chi connectivity index (χ0v) is 12.1. The number of carbonyl (C=O) groups is 1. The molecular formula is C14H19FN2O3. The molecule has 0 aliphatic heterocycles. The molecule has 1 aliphatic carbocycles. The molecule has 1 aliphatic rings. The second-order valence-corrected chi connectivity index (χ2v) is 5.81. The van der Waals surface area contributed by atoms with Crippen molar-refractivity contribution >= 4 is 11.8 Å². The Balaban J connectivity index is 2.16. The molecule has 1 heterocycles. The third-order valence-corrected chi connectivity index (χ3v) is 2.67. The maximum absolute atomic E-state index is 14.3. The maximum Gasteiger partial charge on any atom is 0.414 e. The van der Waals surface area contributed by atoms with E-state index in [2.05, 4.69) is 4.98 Å². The molecule has 0 aromatic carbocycles. The Morgan fingerprint density at radius 1 is 1.45 bits per heavy atom. The average molecular weight is 282 g/mol. The van der Waals surface area contributed by atoms with E-state index >= 15 is 0 Å². The fourth-order valence-electron chi connectivity index (χ4n) is 1.53. The van der Waals surface area contributed by atoms with E-state index in [9.17, 15) is 9.18 Å². The first-order valence-corrected chi connectivity index (χ1v) is 6.56. The Morgan fingerprint density at radius 2 is 2.10 bits per heavy atom. The number of anilines is 1. The van der Waals surface area contributed by atoms with Gasteiger partial charge >= 0.3 is 6.09 Å². The Morgan fingerprint density at radius 3 is 2.65 bits per heavy atom. The standard InChI is InChI=1S/C14H19FN2O3/c1-14(2,3)20-13(18)17(4)10-7-8-16-12(11(10)15)19-9-5-6-9/h7-9H,5-6H2,1-4H3. The molecular weight excluding hydrogens is 263 g/mol. The molecule has 1 saturated carbocycles. The fourth-order valence-corrected chi connectivity index (χ4v) is 1.53. The van der Waals surface area contributed by atoms with E-state index in [-0.39, 0.29) is 17.7 Å². The molecule has 2 rings (SSSR count). The number of carbonyl (C=O) groups excluding carboxylic acids is 1. The van der Waals surface area contributed by atoms with Crippen LogP contribution in [0.25, 0.3) is 0 Å². The predicted molar refractivity (Wildman–Crippen MR) is 72.5 cm³/mol. The van der Waals surface area contributed by atoms with Gasteiger partial charge in [-0.05, 0) is 39.7 Å². The molecule has 1 amide bonds. The van der Waals surface area contributed by atoms with Gasteiger partial charge in [0, 0.05) is 13.2 Å². The minimum Gasteiger partial charge on any atom is -0.472 e. The largest absolute Gasteiger partial charge is 0.472 e. The van der Waals surface area contributed by atoms with Crippen molar-refractivity contribution < 1.29 is 18.7 Å². The van der Waals surface area contributed by atoms with Crippen LogP contribution in [0.5, 0.6) is 5.88 Å². The summed E-state index contributed by atoms with van der Waals surface area (Å²) in [5, 5.41) is 0. The summed E-state index contributed by atoms with van der Waals surface area (Å²) >= 11 is 0. The first-order valence-electron chi connectivity index (χ1n) is 6.56. The van der Waals surface area contributed by atoms with Gasteiger partial charge in [0.1, 0.15) is 11.7 Å². The zero-order chi connectivity index (χ0) is 14.9. The number of ether oxygens (including phenoxy) is 2. The average Bonchev–Trinajstić information content (AvgIpc) is 3.13. The van der Waals surface area contributed by atoms with Crippen molar-refractivity contribution in [3.63, 3.8) is 0 Å². The number of aromatic nitrogens is 1. The van der Waals surface area contributed by atoms with E-state index in [4.69, 9.17) is 9.47 Å². The van der Waals surface area contributed by atoms with Crippen LogP contribution in [0.15, 0.2) is 12.3 Å². The third kappa shape index (κ3) is 3.59. The molecule has 0 unspecified atom stereocenters. The molecule has 0 N–H and O–H groups in total. The number of rotatable bonds is 3. The van der Waals surface area contributed by atoms with Crippen LogP contribution in [-0.4, -0.2) is 29.8 Å². The van der Waals surface area contributed by atoms with Crippen LogP contribution in [0.4, 0.5) is 14.9 Å². The third-order valence-electron chi connectivity index (χ3n) is 2.67. The normalized spacial score (nSPS) is 14.8. The van der Waals surface area contributed by atoms with Crippen molar-refractivity contribution in [3.05, 3.63) is 18.1 Å². The Labute approximate surface area is 117 Å². The van der Waals surface area contributed by atoms with Crippen LogP contribution in [0.3, 0.4) is 0 Å². The molecule has 0 atom stereocenters. The minimum atomic E-state index is -0.646. The molecule has 1 fully saturated rings. The number of nitrogens with zero attached hydrogens (tertiary/aromatic N) is 2. The lowest BCUT2D eigenvalue weighted by Gasteiger charge is -2.25. The van der Waals surface area contributed by atoms with Gasteiger partial charge in [-0.25, -0.2) is 9.78 Å². The monoisotopic (exact) mass is 282 g/mol. The van der Waals surface area contributed by atoms with Crippen LogP contribution >= 0.6 is 0 Å². The van der Waals surface area contributed by atoms with Crippen LogP contribution in [0.1, 0.15) is 33.6 Å². The van der Waals surface area contributed by atoms with E-state index in [0.717, 1.165) is 17.7 Å². The topological polar surface area (TPSA) is 51.7 Å². The minimum absolute atomic E-state index is 0.0408. The van der Waals surface area contributed by atoms with Gasteiger partial charge in [-0.3, -0.25) is 4.90 Å². The molecule has 0 spiro atoms. The van der Waals surface area contributed by atoms with Crippen molar-refractivity contribution in [2.24, 2.45) is 0 Å². The van der Waals surface area contributed by atoms with Gasteiger partial charge in [0.15, 0.2) is 0 Å². The lowest BCUT2D eigenvalue weighted by Crippen LogP contribution is -2.34. The van der Waals surface area contributed by atoms with E-state index in [1.54, 1.807) is 20.8 Å². The van der Waals surface area contributed by atoms with Gasteiger partial charge in [-0.15, -0.1) is 0 Å². The number of halogens is 1. The lowest BCUT2D eigenvalue weighted by atomic mass is 10.2. The second kappa shape index (κ2) is 5.26. The number of hydrogen-bond donors (Lipinski definition) is 0. The van der Waals surface area contributed by atoms with Gasteiger partial charge in [-0.1, -0.05) is 0 Å². The molecule has 110 valence electrons. The molecule has 5 nitrogen and oxygen atoms in total. The van der Waals surface area contributed by atoms with Gasteiger partial charge in [0.05, 0.1) is 5.69 Å². The first-order chi connectivity index (χ1) is 9.28. The van der Waals surface area contributed by atoms with Crippen LogP contribution < -0.4 is 9.64 Å². The quantitative estimate of drug-likeness (QED) is 0.854. The smallest absolute Gasteiger partial charge is 0.414 e. The first kappa shape index (κ1) is 14.6. The van der Waals surface area contributed by atoms with Gasteiger partial charge in [0.25, 0.3) is 5.88 Å². The highest BCUT2D eigenvalue weighted by atomic mass is 19.1. The summed E-state index contributed by atoms with van der Waals surface area (Å²) in [6.07, 6.45) is 2.65. The Kier molecular flexibility index (Phi) is 3.83. The highest BCUT2D eigenvalue weighted by molar-refractivity contribution is 5.87. The number of pyridine rings is 1. The summed E-state index contributed by atoms with van der Waals surface area (Å²) in [5.41, 5.74) is -0.549. The fraction of sp³-hybridized carbons (Fsp3) is 0.571. The van der Waals surface area contributed by atoms with E-state index in [0.29, 0.717) is 0 Å². The highest BCUT2D eigenvalue weighted by Gasteiger charge is 2.28. The van der Waals surface area contributed by atoms with Crippen molar-refractivity contribution in [1.29, 1.82) is 0 Å². The van der Waals surface area contributed by atoms with Crippen molar-refractivity contribution in [2.75, 3.05) is 11.9 Å². The van der Waals surface area contributed by atoms with Crippen LogP contribution in [0, 0.1) is 5.82 Å². The van der Waals surface area contributed by atoms with Crippen LogP contribution in [-0.2, 0) is 4.74 Å². The molecule has 6 heteroatoms. The number of amides is 1. The van der Waals surface area contributed by atoms with E-state index < -0.39 is 17.5 Å². The highest BCUT2D eigenvalue weighted by Crippen LogP contribution is 2.31. The summed E-state index contributed by atoms with van der Waals surface area (Å²) in [5.74, 6) is -0.715. The second-order valence-electron chi connectivity index (χ2n) is 5.81. The van der Waals surface area contributed by atoms with E-state index in [1.165, 1.54) is 19.3 Å². The zero-order valence-electron chi connectivity index (χ0n) is 12.1. The molecule has 0 saturated heterocycles. The summed E-state index contributed by atoms with van der Waals surface area (Å²) < 4.78 is 24.8. The van der Waals surface area contributed by atoms with Crippen LogP contribution in [0.2, 0.25) is 0 Å². The van der Waals surface area contributed by atoms with Gasteiger partial charge in [-0.2, -0.15) is 4.39 Å². The van der Waals surface area contributed by atoms with Crippen molar-refractivity contribution in [3.8, 4) is 5.88 Å².